The molecule has 1 amide bonds. The number of nitrogens with one attached hydrogen (secondary N) is 1. The molecule has 4 aromatic rings. The number of carbonyl (C=O) groups is 1. The van der Waals surface area contributed by atoms with Gasteiger partial charge in [-0.2, -0.15) is 0 Å². The van der Waals surface area contributed by atoms with E-state index in [1.165, 1.54) is 0 Å². The fourth-order valence-electron chi connectivity index (χ4n) is 3.63. The Kier molecular flexibility index (Phi) is 7.02. The zero-order chi connectivity index (χ0) is 22.2. The van der Waals surface area contributed by atoms with E-state index in [-0.39, 0.29) is 5.91 Å². The number of amides is 1. The molecule has 0 aliphatic rings. The lowest BCUT2D eigenvalue weighted by atomic mass is 10.2. The summed E-state index contributed by atoms with van der Waals surface area (Å²) in [6.07, 6.45) is 1.50. The van der Waals surface area contributed by atoms with Crippen LogP contribution >= 0.6 is 0 Å². The Balaban J connectivity index is 1.36. The van der Waals surface area contributed by atoms with Crippen LogP contribution in [0.4, 0.5) is 0 Å². The molecule has 0 aliphatic carbocycles. The van der Waals surface area contributed by atoms with E-state index in [1.807, 2.05) is 72.8 Å². The normalized spacial score (nSPS) is 10.8. The molecule has 0 radical (unpaired) electrons. The molecule has 0 saturated heterocycles. The van der Waals surface area contributed by atoms with Crippen molar-refractivity contribution in [3.8, 4) is 11.5 Å². The Morgan fingerprint density at radius 3 is 2.44 bits per heavy atom. The molecular weight excluding hydrogens is 402 g/mol. The van der Waals surface area contributed by atoms with Crippen LogP contribution in [-0.4, -0.2) is 35.7 Å². The van der Waals surface area contributed by atoms with Crippen LogP contribution in [0.25, 0.3) is 11.0 Å². The molecule has 1 heterocycles. The van der Waals surface area contributed by atoms with Crippen molar-refractivity contribution in [2.24, 2.45) is 0 Å². The first-order valence-corrected chi connectivity index (χ1v) is 10.8. The lowest BCUT2D eigenvalue weighted by molar-refractivity contribution is 0.0954. The number of fused-ring (bicyclic) bond motifs is 1. The average molecular weight is 430 g/mol. The molecule has 1 N–H and O–H groups in total. The Hall–Kier alpha value is -3.80. The van der Waals surface area contributed by atoms with Gasteiger partial charge in [-0.15, -0.1) is 0 Å². The van der Waals surface area contributed by atoms with Gasteiger partial charge in [-0.1, -0.05) is 30.3 Å². The number of methoxy groups -OCH3 is 1. The molecular formula is C26H27N3O3. The molecule has 4 rings (SSSR count). The number of hydrogen-bond acceptors (Lipinski definition) is 4. The van der Waals surface area contributed by atoms with Gasteiger partial charge in [-0.05, 0) is 55.0 Å². The Morgan fingerprint density at radius 1 is 0.938 bits per heavy atom. The molecule has 0 aliphatic heterocycles. The van der Waals surface area contributed by atoms with Gasteiger partial charge in [0.25, 0.3) is 5.91 Å². The van der Waals surface area contributed by atoms with Gasteiger partial charge in [-0.25, -0.2) is 4.98 Å². The number of aryl methyl sites for hydroxylation is 1. The van der Waals surface area contributed by atoms with Crippen molar-refractivity contribution < 1.29 is 14.3 Å². The van der Waals surface area contributed by atoms with E-state index in [4.69, 9.17) is 14.5 Å². The largest absolute Gasteiger partial charge is 0.497 e. The number of rotatable bonds is 10. The fraction of sp³-hybridized carbons (Fsp3) is 0.231. The highest BCUT2D eigenvalue weighted by atomic mass is 16.5. The lowest BCUT2D eigenvalue weighted by Crippen LogP contribution is -2.26. The molecule has 0 bridgehead atoms. The number of carbonyl (C=O) groups excluding carboxylic acids is 1. The molecule has 0 unspecified atom stereocenters. The van der Waals surface area contributed by atoms with Gasteiger partial charge in [0.2, 0.25) is 0 Å². The van der Waals surface area contributed by atoms with Gasteiger partial charge in [0.1, 0.15) is 17.3 Å². The molecule has 6 nitrogen and oxygen atoms in total. The summed E-state index contributed by atoms with van der Waals surface area (Å²) in [6.45, 7) is 1.92. The summed E-state index contributed by atoms with van der Waals surface area (Å²) in [7, 11) is 1.65. The van der Waals surface area contributed by atoms with Crippen molar-refractivity contribution >= 4 is 16.9 Å². The summed E-state index contributed by atoms with van der Waals surface area (Å²) in [4.78, 5) is 17.1. The zero-order valence-electron chi connectivity index (χ0n) is 18.2. The van der Waals surface area contributed by atoms with Crippen LogP contribution in [0.5, 0.6) is 11.5 Å². The van der Waals surface area contributed by atoms with Crippen LogP contribution in [0, 0.1) is 0 Å². The summed E-state index contributed by atoms with van der Waals surface area (Å²) < 4.78 is 13.3. The highest BCUT2D eigenvalue weighted by Crippen LogP contribution is 2.19. The molecule has 0 saturated carbocycles. The number of imidazole rings is 1. The van der Waals surface area contributed by atoms with Gasteiger partial charge >= 0.3 is 0 Å². The van der Waals surface area contributed by atoms with Gasteiger partial charge in [0.15, 0.2) is 0 Å². The van der Waals surface area contributed by atoms with Crippen LogP contribution in [0.1, 0.15) is 22.6 Å². The molecule has 1 aromatic heterocycles. The highest BCUT2D eigenvalue weighted by Gasteiger charge is 2.11. The maximum Gasteiger partial charge on any atom is 0.251 e. The molecule has 0 fully saturated rings. The predicted molar refractivity (Wildman–Crippen MR) is 125 cm³/mol. The first-order chi connectivity index (χ1) is 15.7. The van der Waals surface area contributed by atoms with Crippen LogP contribution in [0.2, 0.25) is 0 Å². The van der Waals surface area contributed by atoms with Crippen molar-refractivity contribution in [2.75, 3.05) is 20.3 Å². The summed E-state index contributed by atoms with van der Waals surface area (Å²) in [5.41, 5.74) is 2.73. The second-order valence-corrected chi connectivity index (χ2v) is 7.42. The smallest absolute Gasteiger partial charge is 0.251 e. The minimum atomic E-state index is -0.0684. The third kappa shape index (κ3) is 5.27. The number of nitrogens with zero attached hydrogens (tertiary/aromatic N) is 2. The third-order valence-corrected chi connectivity index (χ3v) is 5.26. The summed E-state index contributed by atoms with van der Waals surface area (Å²) >= 11 is 0. The van der Waals surface area contributed by atoms with E-state index in [9.17, 15) is 4.79 Å². The SMILES string of the molecule is COc1ccc(OCCCn2c(CCNC(=O)c3ccccc3)nc3ccccc32)cc1. The average Bonchev–Trinajstić information content (AvgIpc) is 3.20. The number of para-hydroxylation sites is 2. The van der Waals surface area contributed by atoms with E-state index in [2.05, 4.69) is 16.0 Å². The van der Waals surface area contributed by atoms with Crippen LogP contribution in [0.15, 0.2) is 78.9 Å². The van der Waals surface area contributed by atoms with Gasteiger partial charge in [0.05, 0.1) is 24.8 Å². The van der Waals surface area contributed by atoms with Gasteiger partial charge < -0.3 is 19.4 Å². The number of benzene rings is 3. The van der Waals surface area contributed by atoms with E-state index in [1.54, 1.807) is 7.11 Å². The topological polar surface area (TPSA) is 65.4 Å². The van der Waals surface area contributed by atoms with Crippen molar-refractivity contribution in [1.29, 1.82) is 0 Å². The van der Waals surface area contributed by atoms with Crippen molar-refractivity contribution in [2.45, 2.75) is 19.4 Å². The van der Waals surface area contributed by atoms with E-state index >= 15 is 0 Å². The van der Waals surface area contributed by atoms with E-state index in [0.29, 0.717) is 25.1 Å². The minimum absolute atomic E-state index is 0.0684. The second-order valence-electron chi connectivity index (χ2n) is 7.42. The van der Waals surface area contributed by atoms with Crippen LogP contribution < -0.4 is 14.8 Å². The molecule has 32 heavy (non-hydrogen) atoms. The van der Waals surface area contributed by atoms with Crippen molar-refractivity contribution in [1.82, 2.24) is 14.9 Å². The Bertz CT molecular complexity index is 1150. The predicted octanol–water partition coefficient (Wildman–Crippen LogP) is 4.49. The summed E-state index contributed by atoms with van der Waals surface area (Å²) in [6, 6.07) is 25.0. The molecule has 0 atom stereocenters. The molecule has 6 heteroatoms. The number of aromatic nitrogens is 2. The Labute approximate surface area is 187 Å². The quantitative estimate of drug-likeness (QED) is 0.377. The standard InChI is InChI=1S/C26H27N3O3/c1-31-21-12-14-22(15-13-21)32-19-7-18-29-24-11-6-5-10-23(24)28-25(29)16-17-27-26(30)20-8-3-2-4-9-20/h2-6,8-15H,7,16-19H2,1H3,(H,27,30). The monoisotopic (exact) mass is 429 g/mol. The molecule has 164 valence electrons. The van der Waals surface area contributed by atoms with Gasteiger partial charge in [-0.3, -0.25) is 4.79 Å². The van der Waals surface area contributed by atoms with Crippen molar-refractivity contribution in [3.63, 3.8) is 0 Å². The fourth-order valence-corrected chi connectivity index (χ4v) is 3.63. The molecule has 3 aromatic carbocycles. The van der Waals surface area contributed by atoms with Crippen LogP contribution in [0.3, 0.4) is 0 Å². The number of hydrogen-bond donors (Lipinski definition) is 1. The third-order valence-electron chi connectivity index (χ3n) is 5.26. The van der Waals surface area contributed by atoms with Crippen LogP contribution in [-0.2, 0) is 13.0 Å². The maximum absolute atomic E-state index is 12.3. The first-order valence-electron chi connectivity index (χ1n) is 10.8. The summed E-state index contributed by atoms with van der Waals surface area (Å²) in [5, 5.41) is 2.99. The zero-order valence-corrected chi connectivity index (χ0v) is 18.2. The van der Waals surface area contributed by atoms with Crippen molar-refractivity contribution in [3.05, 3.63) is 90.3 Å². The second kappa shape index (κ2) is 10.5. The van der Waals surface area contributed by atoms with Gasteiger partial charge in [0, 0.05) is 25.1 Å². The van der Waals surface area contributed by atoms with E-state index in [0.717, 1.165) is 41.3 Å². The highest BCUT2D eigenvalue weighted by molar-refractivity contribution is 5.94. The summed E-state index contributed by atoms with van der Waals surface area (Å²) in [5.74, 6) is 2.53. The Morgan fingerprint density at radius 2 is 1.66 bits per heavy atom. The van der Waals surface area contributed by atoms with E-state index < -0.39 is 0 Å². The number of ether oxygens (including phenoxy) is 2. The molecule has 0 spiro atoms. The first kappa shape index (κ1) is 21.4. The lowest BCUT2D eigenvalue weighted by Gasteiger charge is -2.11. The minimum Gasteiger partial charge on any atom is -0.497 e. The maximum atomic E-state index is 12.3.